The van der Waals surface area contributed by atoms with Crippen LogP contribution in [0.15, 0.2) is 0 Å². The molecule has 0 fully saturated rings. The highest BCUT2D eigenvalue weighted by molar-refractivity contribution is 7.75. The Morgan fingerprint density at radius 3 is 0.722 bits per heavy atom. The van der Waals surface area contributed by atoms with E-state index in [9.17, 15) is 0 Å². The van der Waals surface area contributed by atoms with Crippen molar-refractivity contribution < 1.29 is 0 Å². The van der Waals surface area contributed by atoms with E-state index in [2.05, 4.69) is 34.6 Å². The molecule has 0 bridgehead atoms. The molecule has 0 aliphatic carbocycles. The summed E-state index contributed by atoms with van der Waals surface area (Å²) < 4.78 is 0. The molecular formula is C34H72P2. The van der Waals surface area contributed by atoms with E-state index in [4.69, 9.17) is 0 Å². The van der Waals surface area contributed by atoms with Gasteiger partial charge in [0.1, 0.15) is 0 Å². The zero-order valence-corrected chi connectivity index (χ0v) is 28.1. The van der Waals surface area contributed by atoms with Crippen LogP contribution < -0.4 is 0 Å². The molecule has 0 aliphatic heterocycles. The second kappa shape index (κ2) is 30.4. The molecule has 2 heteroatoms. The molecule has 0 aromatic carbocycles. The summed E-state index contributed by atoms with van der Waals surface area (Å²) in [5, 5.41) is 1.08. The fourth-order valence-corrected chi connectivity index (χ4v) is 13.3. The van der Waals surface area contributed by atoms with Gasteiger partial charge in [0.2, 0.25) is 0 Å². The molecule has 0 nitrogen and oxygen atoms in total. The molecule has 218 valence electrons. The Bertz CT molecular complexity index is 329. The van der Waals surface area contributed by atoms with Crippen molar-refractivity contribution in [3.63, 3.8) is 0 Å². The van der Waals surface area contributed by atoms with Crippen molar-refractivity contribution in [1.29, 1.82) is 0 Å². The van der Waals surface area contributed by atoms with Crippen LogP contribution in [0, 0.1) is 0 Å². The smallest absolute Gasteiger partial charge is 0.00342 e. The molecule has 0 heterocycles. The van der Waals surface area contributed by atoms with E-state index in [0.717, 1.165) is 5.40 Å². The van der Waals surface area contributed by atoms with E-state index >= 15 is 0 Å². The largest absolute Gasteiger partial charge is 0.0994 e. The monoisotopic (exact) mass is 543 g/mol. The van der Waals surface area contributed by atoms with Gasteiger partial charge in [-0.25, -0.2) is 0 Å². The molecule has 0 saturated carbocycles. The van der Waals surface area contributed by atoms with Crippen molar-refractivity contribution in [3.8, 4) is 0 Å². The molecule has 0 spiro atoms. The summed E-state index contributed by atoms with van der Waals surface area (Å²) in [7, 11) is 0.516. The molecule has 0 aromatic heterocycles. The van der Waals surface area contributed by atoms with Gasteiger partial charge in [0, 0.05) is 0 Å². The van der Waals surface area contributed by atoms with E-state index in [1.165, 1.54) is 154 Å². The van der Waals surface area contributed by atoms with Gasteiger partial charge >= 0.3 is 0 Å². The Hall–Kier alpha value is 0.860. The van der Waals surface area contributed by atoms with Gasteiger partial charge in [-0.15, -0.1) is 0 Å². The van der Waals surface area contributed by atoms with Gasteiger partial charge < -0.3 is 0 Å². The van der Waals surface area contributed by atoms with Crippen molar-refractivity contribution in [2.45, 2.75) is 194 Å². The van der Waals surface area contributed by atoms with Crippen LogP contribution >= 0.6 is 15.8 Å². The van der Waals surface area contributed by atoms with Gasteiger partial charge in [-0.2, -0.15) is 0 Å². The summed E-state index contributed by atoms with van der Waals surface area (Å²) in [6.45, 7) is 12.1. The van der Waals surface area contributed by atoms with Gasteiger partial charge in [-0.3, -0.25) is 0 Å². The van der Waals surface area contributed by atoms with Crippen molar-refractivity contribution >= 4 is 15.8 Å². The minimum Gasteiger partial charge on any atom is -0.0994 e. The molecular weight excluding hydrogens is 470 g/mol. The Kier molecular flexibility index (Phi) is 31.1. The second-order valence-corrected chi connectivity index (χ2v) is 17.9. The molecule has 0 N–H and O–H groups in total. The van der Waals surface area contributed by atoms with Crippen molar-refractivity contribution in [2.75, 3.05) is 24.6 Å². The molecule has 36 heavy (non-hydrogen) atoms. The molecule has 0 rings (SSSR count). The van der Waals surface area contributed by atoms with Crippen molar-refractivity contribution in [3.05, 3.63) is 0 Å². The zero-order valence-electron chi connectivity index (χ0n) is 26.3. The van der Waals surface area contributed by atoms with Crippen LogP contribution in [0.4, 0.5) is 0 Å². The summed E-state index contributed by atoms with van der Waals surface area (Å²) in [6.07, 6.45) is 41.8. The maximum absolute atomic E-state index is 2.75. The number of rotatable bonds is 30. The Morgan fingerprint density at radius 2 is 0.500 bits per heavy atom. The Morgan fingerprint density at radius 1 is 0.306 bits per heavy atom. The van der Waals surface area contributed by atoms with Gasteiger partial charge in [0.15, 0.2) is 0 Å². The minimum absolute atomic E-state index is 0.258. The van der Waals surface area contributed by atoms with Crippen LogP contribution in [0.3, 0.4) is 0 Å². The standard InChI is InChI=1S/C34H72P2/c1-6-10-14-18-22-26-30-35(31-27-23-19-15-11-7-2)34(5)36(32-28-24-20-16-12-8-3)33-29-25-21-17-13-9-4/h34H,6-33H2,1-5H3. The number of unbranched alkanes of at least 4 members (excludes halogenated alkanes) is 20. The highest BCUT2D eigenvalue weighted by atomic mass is 31.2. The Labute approximate surface area is 234 Å². The lowest BCUT2D eigenvalue weighted by atomic mass is 10.1. The van der Waals surface area contributed by atoms with E-state index in [1.807, 2.05) is 0 Å². The molecule has 0 aromatic rings. The van der Waals surface area contributed by atoms with Gasteiger partial charge in [-0.05, 0) is 55.7 Å². The average Bonchev–Trinajstić information content (AvgIpc) is 2.89. The van der Waals surface area contributed by atoms with Crippen LogP contribution in [0.1, 0.15) is 189 Å². The van der Waals surface area contributed by atoms with Crippen LogP contribution in [0.2, 0.25) is 0 Å². The molecule has 0 unspecified atom stereocenters. The summed E-state index contributed by atoms with van der Waals surface area (Å²) in [5.74, 6) is 0. The van der Waals surface area contributed by atoms with E-state index in [-0.39, 0.29) is 15.8 Å². The summed E-state index contributed by atoms with van der Waals surface area (Å²) >= 11 is 0. The highest BCUT2D eigenvalue weighted by Crippen LogP contribution is 2.59. The van der Waals surface area contributed by atoms with Crippen LogP contribution in [0.5, 0.6) is 0 Å². The quantitative estimate of drug-likeness (QED) is 0.0625. The first-order chi connectivity index (χ1) is 17.7. The first-order valence-corrected chi connectivity index (χ1v) is 20.7. The first kappa shape index (κ1) is 36.9. The minimum atomic E-state index is 0.258. The second-order valence-electron chi connectivity index (χ2n) is 11.8. The summed E-state index contributed by atoms with van der Waals surface area (Å²) in [5.41, 5.74) is 0. The summed E-state index contributed by atoms with van der Waals surface area (Å²) in [6, 6.07) is 0. The van der Waals surface area contributed by atoms with Crippen LogP contribution in [-0.4, -0.2) is 30.0 Å². The average molecular weight is 543 g/mol. The summed E-state index contributed by atoms with van der Waals surface area (Å²) in [4.78, 5) is 0. The fourth-order valence-electron chi connectivity index (χ4n) is 5.58. The molecule has 0 saturated heterocycles. The topological polar surface area (TPSA) is 0 Å². The van der Waals surface area contributed by atoms with Crippen molar-refractivity contribution in [2.24, 2.45) is 0 Å². The maximum atomic E-state index is 2.75. The highest BCUT2D eigenvalue weighted by Gasteiger charge is 2.24. The van der Waals surface area contributed by atoms with E-state index in [0.29, 0.717) is 0 Å². The van der Waals surface area contributed by atoms with Gasteiger partial charge in [0.25, 0.3) is 0 Å². The van der Waals surface area contributed by atoms with Gasteiger partial charge in [0.05, 0.1) is 0 Å². The number of hydrogen-bond acceptors (Lipinski definition) is 0. The predicted molar refractivity (Wildman–Crippen MR) is 176 cm³/mol. The van der Waals surface area contributed by atoms with E-state index < -0.39 is 0 Å². The number of hydrogen-bond donors (Lipinski definition) is 0. The predicted octanol–water partition coefficient (Wildman–Crippen LogP) is 13.7. The van der Waals surface area contributed by atoms with Gasteiger partial charge in [-0.1, -0.05) is 179 Å². The molecule has 0 radical (unpaired) electrons. The normalized spacial score (nSPS) is 12.0. The molecule has 0 aliphatic rings. The van der Waals surface area contributed by atoms with Crippen molar-refractivity contribution in [1.82, 2.24) is 0 Å². The fraction of sp³-hybridized carbons (Fsp3) is 1.00. The lowest BCUT2D eigenvalue weighted by Crippen LogP contribution is -2.09. The van der Waals surface area contributed by atoms with E-state index in [1.54, 1.807) is 24.6 Å². The first-order valence-electron chi connectivity index (χ1n) is 17.2. The molecule has 0 atom stereocenters. The zero-order chi connectivity index (χ0) is 26.5. The van der Waals surface area contributed by atoms with Crippen LogP contribution in [-0.2, 0) is 0 Å². The lowest BCUT2D eigenvalue weighted by Gasteiger charge is -2.33. The SMILES string of the molecule is CCCCCCCCP(CCCCCCCC)C(C)P(CCCCCCCC)CCCCCCCC. The van der Waals surface area contributed by atoms with Crippen LogP contribution in [0.25, 0.3) is 0 Å². The maximum Gasteiger partial charge on any atom is -0.00342 e. The lowest BCUT2D eigenvalue weighted by molar-refractivity contribution is 0.620. The third-order valence-corrected chi connectivity index (χ3v) is 15.9. The third kappa shape index (κ3) is 23.9. The molecule has 0 amide bonds. The third-order valence-electron chi connectivity index (χ3n) is 8.25. The Balaban J connectivity index is 4.80.